The lowest BCUT2D eigenvalue weighted by Gasteiger charge is -2.22. The van der Waals surface area contributed by atoms with Gasteiger partial charge in [-0.15, -0.1) is 0 Å². The zero-order valence-electron chi connectivity index (χ0n) is 16.5. The van der Waals surface area contributed by atoms with Gasteiger partial charge in [-0.1, -0.05) is 0 Å². The van der Waals surface area contributed by atoms with Crippen molar-refractivity contribution in [3.8, 4) is 0 Å². The molecule has 1 atom stereocenters. The van der Waals surface area contributed by atoms with Gasteiger partial charge in [0.15, 0.2) is 22.5 Å². The number of H-pyrrole nitrogens is 1. The fourth-order valence-electron chi connectivity index (χ4n) is 2.87. The maximum atomic E-state index is 12.6. The SMILES string of the molecule is Nc1nc2ncc(CNc3ccc(C(=O)C(N)(CCC(=O)O)C(=O)O)cc3)nc2c(=O)[nH]1. The second-order valence-electron chi connectivity index (χ2n) is 6.91. The van der Waals surface area contributed by atoms with Crippen molar-refractivity contribution in [3.63, 3.8) is 0 Å². The van der Waals surface area contributed by atoms with Crippen molar-refractivity contribution in [2.45, 2.75) is 24.9 Å². The van der Waals surface area contributed by atoms with Crippen LogP contribution in [0, 0.1) is 0 Å². The summed E-state index contributed by atoms with van der Waals surface area (Å²) in [7, 11) is 0. The largest absolute Gasteiger partial charge is 0.481 e. The highest BCUT2D eigenvalue weighted by molar-refractivity contribution is 6.16. The zero-order chi connectivity index (χ0) is 23.5. The van der Waals surface area contributed by atoms with E-state index in [0.717, 1.165) is 0 Å². The molecule has 0 saturated heterocycles. The highest BCUT2D eigenvalue weighted by Gasteiger charge is 2.42. The fourth-order valence-corrected chi connectivity index (χ4v) is 2.87. The minimum atomic E-state index is -2.35. The monoisotopic (exact) mass is 441 g/mol. The van der Waals surface area contributed by atoms with Gasteiger partial charge in [0.2, 0.25) is 5.95 Å². The summed E-state index contributed by atoms with van der Waals surface area (Å²) in [5.41, 5.74) is 9.50. The summed E-state index contributed by atoms with van der Waals surface area (Å²) in [5.74, 6) is -3.83. The average molecular weight is 441 g/mol. The predicted octanol–water partition coefficient (Wildman–Crippen LogP) is -0.263. The van der Waals surface area contributed by atoms with Crippen LogP contribution in [0.15, 0.2) is 35.3 Å². The number of fused-ring (bicyclic) bond motifs is 1. The molecule has 3 aromatic rings. The zero-order valence-corrected chi connectivity index (χ0v) is 16.5. The minimum absolute atomic E-state index is 0.0199. The number of carbonyl (C=O) groups excluding carboxylic acids is 1. The maximum absolute atomic E-state index is 12.6. The molecule has 0 bridgehead atoms. The third-order valence-electron chi connectivity index (χ3n) is 4.63. The molecule has 0 fully saturated rings. The Kier molecular flexibility index (Phi) is 6.11. The van der Waals surface area contributed by atoms with Gasteiger partial charge in [-0.3, -0.25) is 19.4 Å². The van der Waals surface area contributed by atoms with E-state index in [1.165, 1.54) is 30.5 Å². The molecule has 0 amide bonds. The van der Waals surface area contributed by atoms with E-state index in [1.807, 2.05) is 0 Å². The molecule has 32 heavy (non-hydrogen) atoms. The van der Waals surface area contributed by atoms with Crippen LogP contribution >= 0.6 is 0 Å². The Morgan fingerprint density at radius 2 is 1.81 bits per heavy atom. The number of nitrogens with zero attached hydrogens (tertiary/aromatic N) is 3. The van der Waals surface area contributed by atoms with Gasteiger partial charge in [0, 0.05) is 17.7 Å². The van der Waals surface area contributed by atoms with Gasteiger partial charge in [0.05, 0.1) is 18.4 Å². The number of aromatic nitrogens is 4. The Morgan fingerprint density at radius 3 is 2.44 bits per heavy atom. The number of hydrogen-bond donors (Lipinski definition) is 6. The van der Waals surface area contributed by atoms with E-state index in [-0.39, 0.29) is 29.2 Å². The molecule has 1 aromatic carbocycles. The normalized spacial score (nSPS) is 12.8. The lowest BCUT2D eigenvalue weighted by atomic mass is 9.86. The smallest absolute Gasteiger partial charge is 0.331 e. The lowest BCUT2D eigenvalue weighted by Crippen LogP contribution is -2.55. The molecule has 13 nitrogen and oxygen atoms in total. The molecule has 0 saturated carbocycles. The first-order valence-corrected chi connectivity index (χ1v) is 9.24. The number of Topliss-reactive ketones (excluding diaryl/α,β-unsaturated/α-hetero) is 1. The number of nitrogen functional groups attached to an aromatic ring is 1. The molecule has 2 aromatic heterocycles. The summed E-state index contributed by atoms with van der Waals surface area (Å²) >= 11 is 0. The van der Waals surface area contributed by atoms with Crippen molar-refractivity contribution in [2.75, 3.05) is 11.1 Å². The van der Waals surface area contributed by atoms with Crippen molar-refractivity contribution >= 4 is 40.5 Å². The Hall–Kier alpha value is -4.39. The first-order valence-electron chi connectivity index (χ1n) is 9.24. The molecular weight excluding hydrogens is 422 g/mol. The number of anilines is 2. The van der Waals surface area contributed by atoms with E-state index in [2.05, 4.69) is 25.3 Å². The number of aromatic amines is 1. The molecule has 2 heterocycles. The number of nitrogens with two attached hydrogens (primary N) is 2. The van der Waals surface area contributed by atoms with Crippen LogP contribution in [0.1, 0.15) is 28.9 Å². The van der Waals surface area contributed by atoms with E-state index in [0.29, 0.717) is 11.4 Å². The van der Waals surface area contributed by atoms with Crippen molar-refractivity contribution < 1.29 is 24.6 Å². The standard InChI is InChI=1S/C19H19N7O6/c20-18-25-15-13(16(30)26-18)24-11(8-23-15)7-22-10-3-1-9(2-4-10)14(29)19(21,17(31)32)6-5-12(27)28/h1-4,8,22H,5-7,21H2,(H,27,28)(H,31,32)(H3,20,23,25,26,30). The van der Waals surface area contributed by atoms with Crippen molar-refractivity contribution in [1.29, 1.82) is 0 Å². The number of aliphatic carboxylic acids is 2. The lowest BCUT2D eigenvalue weighted by molar-refractivity contribution is -0.142. The van der Waals surface area contributed by atoms with Crippen LogP contribution in [-0.4, -0.2) is 53.4 Å². The first kappa shape index (κ1) is 22.3. The Morgan fingerprint density at radius 1 is 1.12 bits per heavy atom. The summed E-state index contributed by atoms with van der Waals surface area (Å²) in [6.07, 6.45) is 0.319. The topological polar surface area (TPSA) is 227 Å². The average Bonchev–Trinajstić information content (AvgIpc) is 2.75. The summed E-state index contributed by atoms with van der Waals surface area (Å²) in [6, 6.07) is 5.80. The maximum Gasteiger partial charge on any atom is 0.331 e. The number of carboxylic acid groups (broad SMARTS) is 2. The Balaban J connectivity index is 1.72. The molecule has 0 spiro atoms. The molecule has 13 heteroatoms. The van der Waals surface area contributed by atoms with E-state index < -0.39 is 41.7 Å². The molecular formula is C19H19N7O6. The van der Waals surface area contributed by atoms with Gasteiger partial charge in [0.25, 0.3) is 5.56 Å². The highest BCUT2D eigenvalue weighted by atomic mass is 16.4. The summed E-state index contributed by atoms with van der Waals surface area (Å²) in [6.45, 7) is 0.189. The summed E-state index contributed by atoms with van der Waals surface area (Å²) < 4.78 is 0. The molecule has 3 rings (SSSR count). The Labute approximate surface area is 179 Å². The van der Waals surface area contributed by atoms with Crippen molar-refractivity contribution in [3.05, 3.63) is 52.1 Å². The van der Waals surface area contributed by atoms with Crippen LogP contribution in [-0.2, 0) is 16.1 Å². The molecule has 166 valence electrons. The molecule has 0 aliphatic heterocycles. The van der Waals surface area contributed by atoms with Gasteiger partial charge < -0.3 is 27.0 Å². The third-order valence-corrected chi connectivity index (χ3v) is 4.63. The van der Waals surface area contributed by atoms with E-state index in [4.69, 9.17) is 16.6 Å². The van der Waals surface area contributed by atoms with Crippen molar-refractivity contribution in [1.82, 2.24) is 19.9 Å². The van der Waals surface area contributed by atoms with Crippen LogP contribution in [0.25, 0.3) is 11.2 Å². The van der Waals surface area contributed by atoms with Gasteiger partial charge >= 0.3 is 11.9 Å². The summed E-state index contributed by atoms with van der Waals surface area (Å²) in [5, 5.41) is 21.2. The Bertz CT molecular complexity index is 1260. The van der Waals surface area contributed by atoms with Gasteiger partial charge in [0.1, 0.15) is 0 Å². The summed E-state index contributed by atoms with van der Waals surface area (Å²) in [4.78, 5) is 61.3. The van der Waals surface area contributed by atoms with Crippen LogP contribution in [0.4, 0.5) is 11.6 Å². The van der Waals surface area contributed by atoms with Crippen LogP contribution < -0.4 is 22.3 Å². The minimum Gasteiger partial charge on any atom is -0.481 e. The van der Waals surface area contributed by atoms with Crippen molar-refractivity contribution in [2.24, 2.45) is 5.73 Å². The number of hydrogen-bond acceptors (Lipinski definition) is 10. The quantitative estimate of drug-likeness (QED) is 0.186. The number of nitrogens with one attached hydrogen (secondary N) is 2. The molecule has 0 aliphatic carbocycles. The third kappa shape index (κ3) is 4.67. The number of benzene rings is 1. The second kappa shape index (κ2) is 8.77. The number of rotatable bonds is 9. The predicted molar refractivity (Wildman–Crippen MR) is 112 cm³/mol. The highest BCUT2D eigenvalue weighted by Crippen LogP contribution is 2.20. The molecule has 0 aliphatic rings. The van der Waals surface area contributed by atoms with E-state index in [9.17, 15) is 24.3 Å². The first-order chi connectivity index (χ1) is 15.1. The second-order valence-corrected chi connectivity index (χ2v) is 6.91. The fraction of sp³-hybridized carbons (Fsp3) is 0.211. The number of carboxylic acids is 2. The van der Waals surface area contributed by atoms with Crippen LogP contribution in [0.3, 0.4) is 0 Å². The molecule has 0 radical (unpaired) electrons. The van der Waals surface area contributed by atoms with Gasteiger partial charge in [-0.2, -0.15) is 4.98 Å². The van der Waals surface area contributed by atoms with E-state index >= 15 is 0 Å². The van der Waals surface area contributed by atoms with Gasteiger partial charge in [-0.25, -0.2) is 14.8 Å². The van der Waals surface area contributed by atoms with Crippen LogP contribution in [0.5, 0.6) is 0 Å². The molecule has 1 unspecified atom stereocenters. The number of carbonyl (C=O) groups is 3. The van der Waals surface area contributed by atoms with Crippen LogP contribution in [0.2, 0.25) is 0 Å². The van der Waals surface area contributed by atoms with E-state index in [1.54, 1.807) is 0 Å². The number of ketones is 1. The van der Waals surface area contributed by atoms with Gasteiger partial charge in [-0.05, 0) is 30.7 Å². The molecule has 8 N–H and O–H groups in total.